The molecule has 2 rings (SSSR count). The number of aliphatic hydroxyl groups excluding tert-OH is 1. The monoisotopic (exact) mass is 257 g/mol. The SMILES string of the molecule is CC1CCN(c2cnn(C)c(=O)c2Cl)CC1O. The van der Waals surface area contributed by atoms with E-state index in [0.717, 1.165) is 13.0 Å². The van der Waals surface area contributed by atoms with Gasteiger partial charge < -0.3 is 10.0 Å². The zero-order valence-corrected chi connectivity index (χ0v) is 10.7. The first-order valence-corrected chi connectivity index (χ1v) is 6.03. The minimum Gasteiger partial charge on any atom is -0.391 e. The lowest BCUT2D eigenvalue weighted by Gasteiger charge is -2.35. The lowest BCUT2D eigenvalue weighted by Crippen LogP contribution is -2.43. The van der Waals surface area contributed by atoms with E-state index in [0.29, 0.717) is 12.2 Å². The Hall–Kier alpha value is -1.07. The molecule has 5 nitrogen and oxygen atoms in total. The van der Waals surface area contributed by atoms with Crippen molar-refractivity contribution in [2.24, 2.45) is 13.0 Å². The van der Waals surface area contributed by atoms with Crippen LogP contribution in [0, 0.1) is 5.92 Å². The van der Waals surface area contributed by atoms with Crippen molar-refractivity contribution in [3.63, 3.8) is 0 Å². The topological polar surface area (TPSA) is 58.4 Å². The van der Waals surface area contributed by atoms with Crippen molar-refractivity contribution in [3.8, 4) is 0 Å². The molecule has 0 bridgehead atoms. The summed E-state index contributed by atoms with van der Waals surface area (Å²) in [6, 6.07) is 0. The summed E-state index contributed by atoms with van der Waals surface area (Å²) in [6.45, 7) is 3.30. The maximum absolute atomic E-state index is 11.7. The molecule has 0 amide bonds. The number of piperidine rings is 1. The second-order valence-corrected chi connectivity index (χ2v) is 4.93. The maximum atomic E-state index is 11.7. The fourth-order valence-corrected chi connectivity index (χ4v) is 2.28. The van der Waals surface area contributed by atoms with Gasteiger partial charge in [0, 0.05) is 20.1 Å². The van der Waals surface area contributed by atoms with Gasteiger partial charge in [-0.25, -0.2) is 4.68 Å². The van der Waals surface area contributed by atoms with Crippen LogP contribution in [0.5, 0.6) is 0 Å². The number of anilines is 1. The summed E-state index contributed by atoms with van der Waals surface area (Å²) in [5.41, 5.74) is 0.304. The second-order valence-electron chi connectivity index (χ2n) is 4.55. The molecule has 1 fully saturated rings. The number of β-amino-alcohol motifs (C(OH)–C–C–N with tert-alkyl or cyclic N) is 1. The van der Waals surface area contributed by atoms with Gasteiger partial charge in [0.15, 0.2) is 0 Å². The number of aliphatic hydroxyl groups is 1. The number of nitrogens with zero attached hydrogens (tertiary/aromatic N) is 3. The van der Waals surface area contributed by atoms with E-state index in [-0.39, 0.29) is 22.6 Å². The summed E-state index contributed by atoms with van der Waals surface area (Å²) < 4.78 is 1.20. The Balaban J connectivity index is 2.30. The first-order valence-electron chi connectivity index (χ1n) is 5.65. The fraction of sp³-hybridized carbons (Fsp3) is 0.636. The Kier molecular flexibility index (Phi) is 3.40. The van der Waals surface area contributed by atoms with Gasteiger partial charge >= 0.3 is 0 Å². The number of rotatable bonds is 1. The molecule has 1 N–H and O–H groups in total. The van der Waals surface area contributed by atoms with E-state index in [4.69, 9.17) is 11.6 Å². The van der Waals surface area contributed by atoms with E-state index in [1.54, 1.807) is 13.2 Å². The Morgan fingerprint density at radius 2 is 2.29 bits per heavy atom. The summed E-state index contributed by atoms with van der Waals surface area (Å²) >= 11 is 6.02. The van der Waals surface area contributed by atoms with Gasteiger partial charge in [-0.3, -0.25) is 4.79 Å². The fourth-order valence-electron chi connectivity index (χ4n) is 1.99. The van der Waals surface area contributed by atoms with Crippen LogP contribution in [0.2, 0.25) is 5.02 Å². The highest BCUT2D eigenvalue weighted by atomic mass is 35.5. The van der Waals surface area contributed by atoms with Gasteiger partial charge in [-0.1, -0.05) is 18.5 Å². The zero-order valence-electron chi connectivity index (χ0n) is 9.93. The van der Waals surface area contributed by atoms with Gasteiger partial charge in [-0.2, -0.15) is 5.10 Å². The molecule has 0 aliphatic carbocycles. The number of halogens is 1. The van der Waals surface area contributed by atoms with Crippen molar-refractivity contribution < 1.29 is 5.11 Å². The van der Waals surface area contributed by atoms with Crippen molar-refractivity contribution in [1.29, 1.82) is 0 Å². The van der Waals surface area contributed by atoms with Crippen LogP contribution in [0.15, 0.2) is 11.0 Å². The number of hydrogen-bond acceptors (Lipinski definition) is 4. The standard InChI is InChI=1S/C11H16ClN3O2/c1-7-3-4-15(6-9(7)16)8-5-13-14(2)11(17)10(8)12/h5,7,9,16H,3-4,6H2,1-2H3. The average Bonchev–Trinajstić information content (AvgIpc) is 2.30. The van der Waals surface area contributed by atoms with E-state index in [2.05, 4.69) is 5.10 Å². The Morgan fingerprint density at radius 3 is 2.94 bits per heavy atom. The molecule has 17 heavy (non-hydrogen) atoms. The normalized spacial score (nSPS) is 25.1. The predicted molar refractivity (Wildman–Crippen MR) is 66.5 cm³/mol. The second kappa shape index (κ2) is 4.66. The smallest absolute Gasteiger partial charge is 0.287 e. The van der Waals surface area contributed by atoms with E-state index < -0.39 is 0 Å². The molecule has 1 aliphatic rings. The van der Waals surface area contributed by atoms with Gasteiger partial charge in [0.2, 0.25) is 0 Å². The number of hydrogen-bond donors (Lipinski definition) is 1. The summed E-state index contributed by atoms with van der Waals surface area (Å²) in [4.78, 5) is 13.6. The van der Waals surface area contributed by atoms with Gasteiger partial charge in [0.25, 0.3) is 5.56 Å². The van der Waals surface area contributed by atoms with Crippen molar-refractivity contribution in [1.82, 2.24) is 9.78 Å². The number of aromatic nitrogens is 2. The van der Waals surface area contributed by atoms with Crippen LogP contribution in [-0.4, -0.2) is 34.1 Å². The van der Waals surface area contributed by atoms with Crippen LogP contribution in [0.3, 0.4) is 0 Å². The van der Waals surface area contributed by atoms with E-state index in [1.165, 1.54) is 4.68 Å². The Morgan fingerprint density at radius 1 is 1.59 bits per heavy atom. The van der Waals surface area contributed by atoms with Crippen LogP contribution < -0.4 is 10.5 Å². The van der Waals surface area contributed by atoms with Crippen LogP contribution in [-0.2, 0) is 7.05 Å². The molecular weight excluding hydrogens is 242 g/mol. The summed E-state index contributed by atoms with van der Waals surface area (Å²) in [5, 5.41) is 14.0. The van der Waals surface area contributed by atoms with Gasteiger partial charge in [-0.15, -0.1) is 0 Å². The quantitative estimate of drug-likeness (QED) is 0.802. The highest BCUT2D eigenvalue weighted by Crippen LogP contribution is 2.26. The highest BCUT2D eigenvalue weighted by Gasteiger charge is 2.26. The molecule has 0 spiro atoms. The van der Waals surface area contributed by atoms with E-state index in [9.17, 15) is 9.90 Å². The van der Waals surface area contributed by atoms with Gasteiger partial charge in [0.1, 0.15) is 5.02 Å². The highest BCUT2D eigenvalue weighted by molar-refractivity contribution is 6.33. The van der Waals surface area contributed by atoms with Crippen LogP contribution in [0.4, 0.5) is 5.69 Å². The molecule has 0 radical (unpaired) electrons. The zero-order chi connectivity index (χ0) is 12.6. The van der Waals surface area contributed by atoms with Crippen molar-refractivity contribution in [2.45, 2.75) is 19.4 Å². The van der Waals surface area contributed by atoms with Gasteiger partial charge in [0.05, 0.1) is 18.0 Å². The number of aryl methyl sites for hydroxylation is 1. The van der Waals surface area contributed by atoms with Crippen molar-refractivity contribution in [3.05, 3.63) is 21.6 Å². The van der Waals surface area contributed by atoms with Crippen LogP contribution >= 0.6 is 11.6 Å². The molecule has 2 heterocycles. The van der Waals surface area contributed by atoms with Crippen LogP contribution in [0.1, 0.15) is 13.3 Å². The molecular formula is C11H16ClN3O2. The maximum Gasteiger partial charge on any atom is 0.287 e. The molecule has 1 aromatic heterocycles. The lowest BCUT2D eigenvalue weighted by atomic mass is 9.96. The van der Waals surface area contributed by atoms with Crippen molar-refractivity contribution >= 4 is 17.3 Å². The van der Waals surface area contributed by atoms with E-state index >= 15 is 0 Å². The third-order valence-electron chi connectivity index (χ3n) is 3.32. The third kappa shape index (κ3) is 2.30. The van der Waals surface area contributed by atoms with Crippen molar-refractivity contribution in [2.75, 3.05) is 18.0 Å². The largest absolute Gasteiger partial charge is 0.391 e. The Bertz CT molecular complexity index is 474. The summed E-state index contributed by atoms with van der Waals surface area (Å²) in [6.07, 6.45) is 2.07. The van der Waals surface area contributed by atoms with Gasteiger partial charge in [-0.05, 0) is 12.3 Å². The first-order chi connectivity index (χ1) is 8.00. The molecule has 0 aromatic carbocycles. The minimum absolute atomic E-state index is 0.171. The third-order valence-corrected chi connectivity index (χ3v) is 3.67. The molecule has 1 saturated heterocycles. The average molecular weight is 258 g/mol. The Labute approximate surface area is 105 Å². The molecule has 1 aliphatic heterocycles. The minimum atomic E-state index is -0.385. The van der Waals surface area contributed by atoms with Crippen LogP contribution in [0.25, 0.3) is 0 Å². The molecule has 2 unspecified atom stereocenters. The summed E-state index contributed by atoms with van der Waals surface area (Å²) in [5.74, 6) is 0.282. The molecule has 2 atom stereocenters. The molecule has 6 heteroatoms. The molecule has 0 saturated carbocycles. The summed E-state index contributed by atoms with van der Waals surface area (Å²) in [7, 11) is 1.56. The first kappa shape index (κ1) is 12.4. The lowest BCUT2D eigenvalue weighted by molar-refractivity contribution is 0.103. The molecule has 94 valence electrons. The molecule has 1 aromatic rings. The predicted octanol–water partition coefficient (Wildman–Crippen LogP) is 0.641. The van der Waals surface area contributed by atoms with E-state index in [1.807, 2.05) is 11.8 Å².